The van der Waals surface area contributed by atoms with E-state index in [1.165, 1.54) is 33.5 Å². The lowest BCUT2D eigenvalue weighted by atomic mass is 9.83. The summed E-state index contributed by atoms with van der Waals surface area (Å²) in [7, 11) is 6.01. The van der Waals surface area contributed by atoms with Crippen LogP contribution >= 0.6 is 0 Å². The van der Waals surface area contributed by atoms with E-state index < -0.39 is 41.5 Å². The van der Waals surface area contributed by atoms with E-state index in [0.717, 1.165) is 32.1 Å². The summed E-state index contributed by atoms with van der Waals surface area (Å²) in [6, 6.07) is 2.78. The predicted molar refractivity (Wildman–Crippen MR) is 107 cm³/mol. The maximum Gasteiger partial charge on any atom is 0.344 e. The minimum atomic E-state index is -2.52. The lowest BCUT2D eigenvalue weighted by molar-refractivity contribution is -0.173. The first-order valence-corrected chi connectivity index (χ1v) is 9.16. The summed E-state index contributed by atoms with van der Waals surface area (Å²) in [5.41, 5.74) is -3.23. The normalized spacial score (nSPS) is 14.8. The van der Waals surface area contributed by atoms with Crippen LogP contribution in [0.2, 0.25) is 0 Å². The van der Waals surface area contributed by atoms with Gasteiger partial charge in [-0.15, -0.1) is 0 Å². The lowest BCUT2D eigenvalue weighted by Gasteiger charge is -2.42. The zero-order valence-corrected chi connectivity index (χ0v) is 18.4. The molecule has 0 bridgehead atoms. The number of allylic oxidation sites excluding steroid dienone is 1. The Bertz CT molecular complexity index is 957. The third-order valence-corrected chi connectivity index (χ3v) is 4.94. The van der Waals surface area contributed by atoms with Crippen LogP contribution in [0.15, 0.2) is 29.9 Å². The Balaban J connectivity index is 2.97. The van der Waals surface area contributed by atoms with Crippen LogP contribution < -0.4 is 14.2 Å². The highest BCUT2D eigenvalue weighted by molar-refractivity contribution is 6.11. The van der Waals surface area contributed by atoms with Gasteiger partial charge >= 0.3 is 11.9 Å². The van der Waals surface area contributed by atoms with Crippen LogP contribution in [0.3, 0.4) is 0 Å². The fourth-order valence-corrected chi connectivity index (χ4v) is 3.59. The first kappa shape index (κ1) is 24.6. The zero-order chi connectivity index (χ0) is 24.2. The highest BCUT2D eigenvalue weighted by Crippen LogP contribution is 2.45. The van der Waals surface area contributed by atoms with Gasteiger partial charge in [0.1, 0.15) is 0 Å². The van der Waals surface area contributed by atoms with Crippen molar-refractivity contribution in [3.8, 4) is 17.2 Å². The number of rotatable bonds is 6. The van der Waals surface area contributed by atoms with Gasteiger partial charge in [-0.2, -0.15) is 8.78 Å². The van der Waals surface area contributed by atoms with Crippen LogP contribution in [0.4, 0.5) is 8.78 Å². The zero-order valence-electron chi connectivity index (χ0n) is 18.4. The first-order chi connectivity index (χ1) is 15.1. The molecule has 0 fully saturated rings. The summed E-state index contributed by atoms with van der Waals surface area (Å²) >= 11 is 0. The van der Waals surface area contributed by atoms with E-state index in [9.17, 15) is 23.2 Å². The maximum atomic E-state index is 13.8. The van der Waals surface area contributed by atoms with Gasteiger partial charge in [0.2, 0.25) is 17.2 Å². The summed E-state index contributed by atoms with van der Waals surface area (Å²) in [5, 5.41) is 0. The average molecular weight is 455 g/mol. The molecule has 0 saturated heterocycles. The van der Waals surface area contributed by atoms with Gasteiger partial charge in [0.15, 0.2) is 11.5 Å². The molecule has 32 heavy (non-hydrogen) atoms. The van der Waals surface area contributed by atoms with E-state index in [2.05, 4.69) is 0 Å². The molecule has 9 nitrogen and oxygen atoms in total. The highest BCUT2D eigenvalue weighted by Gasteiger charge is 2.58. The number of halogens is 2. The Morgan fingerprint density at radius 2 is 1.41 bits per heavy atom. The minimum absolute atomic E-state index is 0.130. The van der Waals surface area contributed by atoms with Crippen LogP contribution in [0.5, 0.6) is 17.2 Å². The van der Waals surface area contributed by atoms with Gasteiger partial charge < -0.3 is 23.7 Å². The van der Waals surface area contributed by atoms with Crippen molar-refractivity contribution in [3.63, 3.8) is 0 Å². The molecule has 2 rings (SSSR count). The molecule has 0 aliphatic carbocycles. The number of benzene rings is 1. The van der Waals surface area contributed by atoms with Gasteiger partial charge in [-0.25, -0.2) is 9.59 Å². The summed E-state index contributed by atoms with van der Waals surface area (Å²) in [6.45, 7) is 1.08. The second-order valence-corrected chi connectivity index (χ2v) is 6.60. The Labute approximate surface area is 183 Å². The van der Waals surface area contributed by atoms with Crippen LogP contribution in [0.25, 0.3) is 5.70 Å². The number of carbonyl (C=O) groups excluding carboxylic acids is 3. The molecule has 0 N–H and O–H groups in total. The van der Waals surface area contributed by atoms with Gasteiger partial charge in [0.05, 0.1) is 41.2 Å². The molecule has 1 amide bonds. The second-order valence-electron chi connectivity index (χ2n) is 6.60. The van der Waals surface area contributed by atoms with Gasteiger partial charge in [-0.3, -0.25) is 9.69 Å². The highest BCUT2D eigenvalue weighted by atomic mass is 19.3. The Morgan fingerprint density at radius 3 is 1.75 bits per heavy atom. The molecule has 0 unspecified atom stereocenters. The fourth-order valence-electron chi connectivity index (χ4n) is 3.59. The third kappa shape index (κ3) is 3.97. The Morgan fingerprint density at radius 1 is 0.906 bits per heavy atom. The Kier molecular flexibility index (Phi) is 7.44. The number of carbonyl (C=O) groups is 3. The summed E-state index contributed by atoms with van der Waals surface area (Å²) in [5.74, 6) is -2.74. The SMILES string of the molecule is COC(=O)C1(C(=O)OC)CC(=C(F)F)C=C(c2cc(OC)c(OC)c(OC)c2)N1C(C)=O. The van der Waals surface area contributed by atoms with Crippen molar-refractivity contribution in [1.82, 2.24) is 4.90 Å². The van der Waals surface area contributed by atoms with Crippen molar-refractivity contribution in [2.24, 2.45) is 0 Å². The number of methoxy groups -OCH3 is 5. The van der Waals surface area contributed by atoms with Crippen molar-refractivity contribution in [3.05, 3.63) is 35.4 Å². The van der Waals surface area contributed by atoms with Crippen molar-refractivity contribution in [2.75, 3.05) is 35.5 Å². The van der Waals surface area contributed by atoms with Crippen molar-refractivity contribution >= 4 is 23.5 Å². The molecule has 1 aromatic rings. The number of nitrogens with zero attached hydrogens (tertiary/aromatic N) is 1. The monoisotopic (exact) mass is 455 g/mol. The van der Waals surface area contributed by atoms with Crippen LogP contribution in [0.1, 0.15) is 18.9 Å². The quantitative estimate of drug-likeness (QED) is 0.477. The minimum Gasteiger partial charge on any atom is -0.493 e. The largest absolute Gasteiger partial charge is 0.493 e. The van der Waals surface area contributed by atoms with Gasteiger partial charge in [0, 0.05) is 24.5 Å². The smallest absolute Gasteiger partial charge is 0.344 e. The Hall–Kier alpha value is -3.63. The number of amides is 1. The first-order valence-electron chi connectivity index (χ1n) is 9.16. The van der Waals surface area contributed by atoms with Gasteiger partial charge in [0.25, 0.3) is 6.08 Å². The molecular formula is C21H23F2NO8. The van der Waals surface area contributed by atoms with Crippen molar-refractivity contribution in [1.29, 1.82) is 0 Å². The summed E-state index contributed by atoms with van der Waals surface area (Å²) in [4.78, 5) is 39.1. The molecular weight excluding hydrogens is 432 g/mol. The fraction of sp³-hybridized carbons (Fsp3) is 0.381. The van der Waals surface area contributed by atoms with E-state index in [0.29, 0.717) is 0 Å². The predicted octanol–water partition coefficient (Wildman–Crippen LogP) is 2.54. The number of ether oxygens (including phenoxy) is 5. The summed E-state index contributed by atoms with van der Waals surface area (Å²) in [6.07, 6.45) is -1.99. The van der Waals surface area contributed by atoms with Crippen LogP contribution in [-0.2, 0) is 23.9 Å². The molecule has 0 spiro atoms. The topological polar surface area (TPSA) is 101 Å². The van der Waals surface area contributed by atoms with E-state index in [1.807, 2.05) is 0 Å². The average Bonchev–Trinajstić information content (AvgIpc) is 2.80. The maximum absolute atomic E-state index is 13.8. The van der Waals surface area contributed by atoms with Crippen molar-refractivity contribution < 1.29 is 46.8 Å². The van der Waals surface area contributed by atoms with Crippen LogP contribution in [-0.4, -0.2) is 63.8 Å². The molecule has 0 radical (unpaired) electrons. The second kappa shape index (κ2) is 9.67. The number of hydrogen-bond acceptors (Lipinski definition) is 8. The molecule has 0 aromatic heterocycles. The molecule has 1 aromatic carbocycles. The standard InChI is InChI=1S/C21H23F2NO8/c1-11(25)24-14(12-8-15(28-2)17(30-4)16(9-12)29-3)7-13(18(22)23)10-21(24,19(26)31-5)20(27)32-6/h7-9H,10H2,1-6H3. The number of esters is 2. The van der Waals surface area contributed by atoms with E-state index >= 15 is 0 Å². The van der Waals surface area contributed by atoms with E-state index in [-0.39, 0.29) is 28.5 Å². The molecule has 1 heterocycles. The molecule has 1 aliphatic rings. The molecule has 0 saturated carbocycles. The lowest BCUT2D eigenvalue weighted by Crippen LogP contribution is -2.63. The van der Waals surface area contributed by atoms with E-state index in [4.69, 9.17) is 23.7 Å². The molecule has 11 heteroatoms. The van der Waals surface area contributed by atoms with Gasteiger partial charge in [-0.05, 0) is 18.2 Å². The third-order valence-electron chi connectivity index (χ3n) is 4.94. The van der Waals surface area contributed by atoms with Crippen LogP contribution in [0, 0.1) is 0 Å². The van der Waals surface area contributed by atoms with E-state index in [1.54, 1.807) is 0 Å². The molecule has 0 atom stereocenters. The number of hydrogen-bond donors (Lipinski definition) is 0. The summed E-state index contributed by atoms with van der Waals surface area (Å²) < 4.78 is 52.9. The van der Waals surface area contributed by atoms with Crippen molar-refractivity contribution in [2.45, 2.75) is 18.9 Å². The molecule has 174 valence electrons. The molecule has 1 aliphatic heterocycles. The van der Waals surface area contributed by atoms with Gasteiger partial charge in [-0.1, -0.05) is 0 Å².